The van der Waals surface area contributed by atoms with Crippen LogP contribution < -0.4 is 5.32 Å². The van der Waals surface area contributed by atoms with E-state index >= 15 is 0 Å². The third-order valence-corrected chi connectivity index (χ3v) is 4.01. The second kappa shape index (κ2) is 7.21. The zero-order chi connectivity index (χ0) is 15.2. The van der Waals surface area contributed by atoms with Gasteiger partial charge in [0.05, 0.1) is 18.2 Å². The summed E-state index contributed by atoms with van der Waals surface area (Å²) < 4.78 is 0. The van der Waals surface area contributed by atoms with Gasteiger partial charge in [0.1, 0.15) is 0 Å². The molecule has 1 aliphatic heterocycles. The number of hydrogen-bond donors (Lipinski definition) is 1. The number of carbonyl (C=O) groups is 1. The van der Waals surface area contributed by atoms with Crippen molar-refractivity contribution < 1.29 is 4.79 Å². The average Bonchev–Trinajstić information content (AvgIpc) is 2.54. The third kappa shape index (κ3) is 4.03. The maximum atomic E-state index is 12.3. The first-order valence-electron chi connectivity index (χ1n) is 7.30. The molecule has 112 valence electrons. The zero-order valence-corrected chi connectivity index (χ0v) is 12.7. The first-order chi connectivity index (χ1) is 10.1. The first kappa shape index (κ1) is 15.5. The molecule has 1 fully saturated rings. The largest absolute Gasteiger partial charge is 0.339 e. The predicted molar refractivity (Wildman–Crippen MR) is 81.7 cm³/mol. The summed E-state index contributed by atoms with van der Waals surface area (Å²) >= 11 is 0. The Kier molecular flexibility index (Phi) is 5.32. The van der Waals surface area contributed by atoms with E-state index in [1.54, 1.807) is 6.07 Å². The van der Waals surface area contributed by atoms with Gasteiger partial charge in [0.2, 0.25) is 5.91 Å². The van der Waals surface area contributed by atoms with Gasteiger partial charge in [-0.2, -0.15) is 5.26 Å². The van der Waals surface area contributed by atoms with E-state index in [2.05, 4.69) is 18.3 Å². The van der Waals surface area contributed by atoms with Gasteiger partial charge in [0.25, 0.3) is 0 Å². The highest BCUT2D eigenvalue weighted by Crippen LogP contribution is 2.19. The second-order valence-corrected chi connectivity index (χ2v) is 5.46. The molecule has 5 heteroatoms. The molecule has 1 amide bonds. The standard InChI is InChI=1S/C16H22N4O/c1-13(15-5-3-4-14(10-15)11-17)19(2)12-16(21)20-8-6-18-7-9-20/h3-5,10,13,18H,6-9,12H2,1-2H3. The van der Waals surface area contributed by atoms with Gasteiger partial charge in [-0.1, -0.05) is 12.1 Å². The quantitative estimate of drug-likeness (QED) is 0.896. The van der Waals surface area contributed by atoms with Crippen LogP contribution in [0.4, 0.5) is 0 Å². The van der Waals surface area contributed by atoms with Crippen LogP contribution in [0.1, 0.15) is 24.1 Å². The number of likely N-dealkylation sites (N-methyl/N-ethyl adjacent to an activating group) is 1. The molecule has 0 bridgehead atoms. The van der Waals surface area contributed by atoms with E-state index in [0.717, 1.165) is 31.7 Å². The van der Waals surface area contributed by atoms with Crippen LogP contribution in [-0.4, -0.2) is 55.5 Å². The number of amides is 1. The SMILES string of the molecule is CC(c1cccc(C#N)c1)N(C)CC(=O)N1CCNCC1. The Hall–Kier alpha value is -1.90. The monoisotopic (exact) mass is 286 g/mol. The number of nitrogens with zero attached hydrogens (tertiary/aromatic N) is 3. The lowest BCUT2D eigenvalue weighted by molar-refractivity contribution is -0.133. The minimum absolute atomic E-state index is 0.102. The van der Waals surface area contributed by atoms with E-state index in [1.807, 2.05) is 35.0 Å². The maximum Gasteiger partial charge on any atom is 0.236 e. The van der Waals surface area contributed by atoms with Crippen LogP contribution in [0.2, 0.25) is 0 Å². The summed E-state index contributed by atoms with van der Waals surface area (Å²) in [7, 11) is 1.95. The van der Waals surface area contributed by atoms with Gasteiger partial charge < -0.3 is 10.2 Å². The lowest BCUT2D eigenvalue weighted by atomic mass is 10.0. The number of piperazine rings is 1. The topological polar surface area (TPSA) is 59.4 Å². The van der Waals surface area contributed by atoms with E-state index < -0.39 is 0 Å². The summed E-state index contributed by atoms with van der Waals surface area (Å²) in [5.74, 6) is 0.169. The Morgan fingerprint density at radius 2 is 2.19 bits per heavy atom. The lowest BCUT2D eigenvalue weighted by Crippen LogP contribution is -2.49. The summed E-state index contributed by atoms with van der Waals surface area (Å²) in [5, 5.41) is 12.2. The van der Waals surface area contributed by atoms with Crippen LogP contribution in [0.15, 0.2) is 24.3 Å². The summed E-state index contributed by atoms with van der Waals surface area (Å²) in [6.07, 6.45) is 0. The van der Waals surface area contributed by atoms with E-state index in [1.165, 1.54) is 0 Å². The van der Waals surface area contributed by atoms with Gasteiger partial charge in [0.15, 0.2) is 0 Å². The highest BCUT2D eigenvalue weighted by atomic mass is 16.2. The Balaban J connectivity index is 1.96. The highest BCUT2D eigenvalue weighted by Gasteiger charge is 2.20. The Morgan fingerprint density at radius 3 is 2.86 bits per heavy atom. The van der Waals surface area contributed by atoms with E-state index in [4.69, 9.17) is 5.26 Å². The minimum atomic E-state index is 0.102. The molecule has 1 N–H and O–H groups in total. The van der Waals surface area contributed by atoms with Crippen molar-refractivity contribution in [2.24, 2.45) is 0 Å². The number of rotatable bonds is 4. The third-order valence-electron chi connectivity index (χ3n) is 4.01. The minimum Gasteiger partial charge on any atom is -0.339 e. The fraction of sp³-hybridized carbons (Fsp3) is 0.500. The molecule has 5 nitrogen and oxygen atoms in total. The van der Waals surface area contributed by atoms with Crippen LogP contribution in [0.3, 0.4) is 0 Å². The summed E-state index contributed by atoms with van der Waals surface area (Å²) in [6, 6.07) is 9.82. The molecule has 1 unspecified atom stereocenters. The van der Waals surface area contributed by atoms with Gasteiger partial charge in [-0.15, -0.1) is 0 Å². The number of carbonyl (C=O) groups excluding carboxylic acids is 1. The van der Waals surface area contributed by atoms with Crippen molar-refractivity contribution in [2.75, 3.05) is 39.8 Å². The van der Waals surface area contributed by atoms with Crippen molar-refractivity contribution in [3.63, 3.8) is 0 Å². The molecule has 0 aliphatic carbocycles. The highest BCUT2D eigenvalue weighted by molar-refractivity contribution is 5.78. The van der Waals surface area contributed by atoms with Crippen molar-refractivity contribution in [3.8, 4) is 6.07 Å². The number of nitrogens with one attached hydrogen (secondary N) is 1. The fourth-order valence-electron chi connectivity index (χ4n) is 2.49. The van der Waals surface area contributed by atoms with Crippen molar-refractivity contribution in [1.29, 1.82) is 5.26 Å². The first-order valence-corrected chi connectivity index (χ1v) is 7.30. The van der Waals surface area contributed by atoms with Crippen molar-refractivity contribution in [2.45, 2.75) is 13.0 Å². The molecular formula is C16H22N4O. The summed E-state index contributed by atoms with van der Waals surface area (Å²) in [4.78, 5) is 16.2. The van der Waals surface area contributed by atoms with Gasteiger partial charge in [-0.25, -0.2) is 0 Å². The molecule has 0 radical (unpaired) electrons. The Bertz CT molecular complexity index is 531. The van der Waals surface area contributed by atoms with Gasteiger partial charge in [-0.3, -0.25) is 9.69 Å². The average molecular weight is 286 g/mol. The molecule has 1 aromatic carbocycles. The Morgan fingerprint density at radius 1 is 1.48 bits per heavy atom. The summed E-state index contributed by atoms with van der Waals surface area (Å²) in [5.41, 5.74) is 1.71. The molecule has 1 atom stereocenters. The second-order valence-electron chi connectivity index (χ2n) is 5.46. The molecule has 2 rings (SSSR count). The van der Waals surface area contributed by atoms with Crippen LogP contribution in [0.5, 0.6) is 0 Å². The molecule has 1 aliphatic rings. The maximum absolute atomic E-state index is 12.3. The van der Waals surface area contributed by atoms with Gasteiger partial charge >= 0.3 is 0 Å². The van der Waals surface area contributed by atoms with Crippen molar-refractivity contribution in [1.82, 2.24) is 15.1 Å². The molecule has 1 saturated heterocycles. The molecule has 1 aromatic rings. The van der Waals surface area contributed by atoms with Crippen molar-refractivity contribution >= 4 is 5.91 Å². The van der Waals surface area contributed by atoms with Crippen LogP contribution in [0.25, 0.3) is 0 Å². The van der Waals surface area contributed by atoms with E-state index in [0.29, 0.717) is 12.1 Å². The van der Waals surface area contributed by atoms with Crippen molar-refractivity contribution in [3.05, 3.63) is 35.4 Å². The molecule has 21 heavy (non-hydrogen) atoms. The molecule has 0 aromatic heterocycles. The fourth-order valence-corrected chi connectivity index (χ4v) is 2.49. The number of hydrogen-bond acceptors (Lipinski definition) is 4. The van der Waals surface area contributed by atoms with Gasteiger partial charge in [-0.05, 0) is 31.7 Å². The normalized spacial score (nSPS) is 16.6. The smallest absolute Gasteiger partial charge is 0.236 e. The van der Waals surface area contributed by atoms with Crippen LogP contribution in [-0.2, 0) is 4.79 Å². The Labute approximate surface area is 126 Å². The predicted octanol–water partition coefficient (Wildman–Crippen LogP) is 0.983. The molecule has 0 saturated carbocycles. The lowest BCUT2D eigenvalue weighted by Gasteiger charge is -2.31. The summed E-state index contributed by atoms with van der Waals surface area (Å²) in [6.45, 7) is 5.76. The van der Waals surface area contributed by atoms with Crippen LogP contribution in [0, 0.1) is 11.3 Å². The van der Waals surface area contributed by atoms with Crippen LogP contribution >= 0.6 is 0 Å². The molecular weight excluding hydrogens is 264 g/mol. The number of benzene rings is 1. The molecule has 1 heterocycles. The van der Waals surface area contributed by atoms with Gasteiger partial charge in [0, 0.05) is 32.2 Å². The molecule has 0 spiro atoms. The van der Waals surface area contributed by atoms with E-state index in [-0.39, 0.29) is 11.9 Å². The van der Waals surface area contributed by atoms with E-state index in [9.17, 15) is 4.79 Å². The number of nitriles is 1. The zero-order valence-electron chi connectivity index (χ0n) is 12.7.